The Bertz CT molecular complexity index is 646. The van der Waals surface area contributed by atoms with Gasteiger partial charge in [-0.1, -0.05) is 41.9 Å². The SMILES string of the molecule is Cc1cc(C(=O)N/N=C/C(Cl)=C/c2ccccc2)n[nH]1. The molecule has 102 valence electrons. The molecule has 0 spiro atoms. The summed E-state index contributed by atoms with van der Waals surface area (Å²) in [5.41, 5.74) is 4.40. The van der Waals surface area contributed by atoms with Crippen LogP contribution in [0.2, 0.25) is 0 Å². The first-order valence-corrected chi connectivity index (χ1v) is 6.30. The maximum absolute atomic E-state index is 11.6. The molecule has 0 aliphatic carbocycles. The first-order valence-electron chi connectivity index (χ1n) is 5.93. The number of nitrogens with one attached hydrogen (secondary N) is 2. The van der Waals surface area contributed by atoms with Gasteiger partial charge in [-0.3, -0.25) is 9.89 Å². The summed E-state index contributed by atoms with van der Waals surface area (Å²) < 4.78 is 0. The van der Waals surface area contributed by atoms with Gasteiger partial charge in [0.2, 0.25) is 0 Å². The second-order valence-corrected chi connectivity index (χ2v) is 4.51. The Morgan fingerprint density at radius 2 is 2.15 bits per heavy atom. The first kappa shape index (κ1) is 14.0. The molecule has 2 aromatic rings. The van der Waals surface area contributed by atoms with E-state index in [1.807, 2.05) is 37.3 Å². The molecule has 6 heteroatoms. The number of rotatable bonds is 4. The van der Waals surface area contributed by atoms with Gasteiger partial charge in [-0.25, -0.2) is 5.43 Å². The fraction of sp³-hybridized carbons (Fsp3) is 0.0714. The highest BCUT2D eigenvalue weighted by atomic mass is 35.5. The molecular formula is C14H13ClN4O. The number of amides is 1. The Labute approximate surface area is 121 Å². The molecule has 1 amide bonds. The van der Waals surface area contributed by atoms with Crippen molar-refractivity contribution in [3.8, 4) is 0 Å². The van der Waals surface area contributed by atoms with E-state index in [1.54, 1.807) is 12.1 Å². The quantitative estimate of drug-likeness (QED) is 0.671. The van der Waals surface area contributed by atoms with Gasteiger partial charge in [-0.05, 0) is 24.6 Å². The van der Waals surface area contributed by atoms with Crippen LogP contribution in [0.3, 0.4) is 0 Å². The molecule has 2 N–H and O–H groups in total. The lowest BCUT2D eigenvalue weighted by Crippen LogP contribution is -2.17. The molecule has 0 aliphatic heterocycles. The minimum atomic E-state index is -0.394. The van der Waals surface area contributed by atoms with Crippen molar-refractivity contribution in [3.63, 3.8) is 0 Å². The summed E-state index contributed by atoms with van der Waals surface area (Å²) in [4.78, 5) is 11.6. The zero-order valence-corrected chi connectivity index (χ0v) is 11.6. The highest BCUT2D eigenvalue weighted by Gasteiger charge is 2.07. The Kier molecular flexibility index (Phi) is 4.68. The molecule has 0 fully saturated rings. The average molecular weight is 289 g/mol. The zero-order valence-electron chi connectivity index (χ0n) is 10.8. The predicted octanol–water partition coefficient (Wildman–Crippen LogP) is 2.71. The molecule has 20 heavy (non-hydrogen) atoms. The predicted molar refractivity (Wildman–Crippen MR) is 79.6 cm³/mol. The van der Waals surface area contributed by atoms with Gasteiger partial charge in [0.05, 0.1) is 11.2 Å². The minimum Gasteiger partial charge on any atom is -0.282 e. The number of nitrogens with zero attached hydrogens (tertiary/aromatic N) is 2. The van der Waals surface area contributed by atoms with Crippen molar-refractivity contribution < 1.29 is 4.79 Å². The van der Waals surface area contributed by atoms with Gasteiger partial charge in [0.1, 0.15) is 0 Å². The largest absolute Gasteiger partial charge is 0.291 e. The van der Waals surface area contributed by atoms with Crippen LogP contribution >= 0.6 is 11.6 Å². The van der Waals surface area contributed by atoms with Crippen LogP contribution < -0.4 is 5.43 Å². The van der Waals surface area contributed by atoms with Gasteiger partial charge in [0.15, 0.2) is 5.69 Å². The molecule has 1 aromatic heterocycles. The maximum atomic E-state index is 11.6. The molecule has 1 aromatic carbocycles. The molecule has 0 radical (unpaired) electrons. The highest BCUT2D eigenvalue weighted by molar-refractivity contribution is 6.41. The van der Waals surface area contributed by atoms with Gasteiger partial charge < -0.3 is 0 Å². The van der Waals surface area contributed by atoms with E-state index in [4.69, 9.17) is 11.6 Å². The fourth-order valence-corrected chi connectivity index (χ4v) is 1.66. The molecule has 5 nitrogen and oxygen atoms in total. The van der Waals surface area contributed by atoms with Gasteiger partial charge >= 0.3 is 0 Å². The topological polar surface area (TPSA) is 70.1 Å². The van der Waals surface area contributed by atoms with E-state index >= 15 is 0 Å². The van der Waals surface area contributed by atoms with E-state index in [2.05, 4.69) is 20.7 Å². The maximum Gasteiger partial charge on any atom is 0.291 e. The Morgan fingerprint density at radius 3 is 2.80 bits per heavy atom. The van der Waals surface area contributed by atoms with Crippen LogP contribution in [-0.2, 0) is 0 Å². The van der Waals surface area contributed by atoms with Crippen LogP contribution in [0, 0.1) is 6.92 Å². The highest BCUT2D eigenvalue weighted by Crippen LogP contribution is 2.07. The molecular weight excluding hydrogens is 276 g/mol. The number of halogens is 1. The van der Waals surface area contributed by atoms with Crippen molar-refractivity contribution in [1.29, 1.82) is 0 Å². The molecule has 0 unspecified atom stereocenters. The number of hydrogen-bond acceptors (Lipinski definition) is 3. The van der Waals surface area contributed by atoms with E-state index in [1.165, 1.54) is 6.21 Å². The number of allylic oxidation sites excluding steroid dienone is 1. The van der Waals surface area contributed by atoms with Gasteiger partial charge in [-0.2, -0.15) is 10.2 Å². The third-order valence-electron chi connectivity index (χ3n) is 2.40. The fourth-order valence-electron chi connectivity index (χ4n) is 1.49. The van der Waals surface area contributed by atoms with E-state index < -0.39 is 5.91 Å². The number of carbonyl (C=O) groups is 1. The van der Waals surface area contributed by atoms with Crippen molar-refractivity contribution in [3.05, 3.63) is 58.4 Å². The number of benzene rings is 1. The van der Waals surface area contributed by atoms with Crippen molar-refractivity contribution in [2.24, 2.45) is 5.10 Å². The van der Waals surface area contributed by atoms with Crippen molar-refractivity contribution in [2.75, 3.05) is 0 Å². The summed E-state index contributed by atoms with van der Waals surface area (Å²) in [6.07, 6.45) is 3.11. The normalized spacial score (nSPS) is 11.8. The lowest BCUT2D eigenvalue weighted by molar-refractivity contribution is 0.0950. The second kappa shape index (κ2) is 6.68. The molecule has 0 aliphatic rings. The average Bonchev–Trinajstić information content (AvgIpc) is 2.86. The van der Waals surface area contributed by atoms with Crippen molar-refractivity contribution in [2.45, 2.75) is 6.92 Å². The lowest BCUT2D eigenvalue weighted by atomic mass is 10.2. The Balaban J connectivity index is 1.93. The van der Waals surface area contributed by atoms with E-state index in [-0.39, 0.29) is 5.69 Å². The molecule has 2 rings (SSSR count). The molecule has 0 atom stereocenters. The van der Waals surface area contributed by atoms with Crippen LogP contribution in [-0.4, -0.2) is 22.3 Å². The number of aromatic amines is 1. The van der Waals surface area contributed by atoms with Gasteiger partial charge in [0.25, 0.3) is 5.91 Å². The van der Waals surface area contributed by atoms with E-state index in [0.29, 0.717) is 5.03 Å². The smallest absolute Gasteiger partial charge is 0.282 e. The van der Waals surface area contributed by atoms with Crippen LogP contribution in [0.4, 0.5) is 0 Å². The number of hydrazone groups is 1. The summed E-state index contributed by atoms with van der Waals surface area (Å²) >= 11 is 5.99. The number of carbonyl (C=O) groups excluding carboxylic acids is 1. The standard InChI is InChI=1S/C14H13ClN4O/c1-10-7-13(18-17-10)14(20)19-16-9-12(15)8-11-5-3-2-4-6-11/h2-9H,1H3,(H,17,18)(H,19,20)/b12-8-,16-9+. The molecule has 0 saturated carbocycles. The third kappa shape index (κ3) is 4.07. The third-order valence-corrected chi connectivity index (χ3v) is 2.60. The van der Waals surface area contributed by atoms with E-state index in [0.717, 1.165) is 11.3 Å². The van der Waals surface area contributed by atoms with Crippen LogP contribution in [0.25, 0.3) is 6.08 Å². The molecule has 0 saturated heterocycles. The molecule has 1 heterocycles. The summed E-state index contributed by atoms with van der Waals surface area (Å²) in [7, 11) is 0. The van der Waals surface area contributed by atoms with Crippen LogP contribution in [0.5, 0.6) is 0 Å². The number of hydrogen-bond donors (Lipinski definition) is 2. The van der Waals surface area contributed by atoms with Crippen molar-refractivity contribution in [1.82, 2.24) is 15.6 Å². The zero-order chi connectivity index (χ0) is 14.4. The summed E-state index contributed by atoms with van der Waals surface area (Å²) in [5, 5.41) is 10.7. The second-order valence-electron chi connectivity index (χ2n) is 4.08. The monoisotopic (exact) mass is 288 g/mol. The summed E-state index contributed by atoms with van der Waals surface area (Å²) in [6, 6.07) is 11.2. The first-order chi connectivity index (χ1) is 9.65. The van der Waals surface area contributed by atoms with Crippen LogP contribution in [0.15, 0.2) is 46.5 Å². The number of aryl methyl sites for hydroxylation is 1. The van der Waals surface area contributed by atoms with Crippen molar-refractivity contribution >= 4 is 29.8 Å². The Morgan fingerprint density at radius 1 is 1.40 bits per heavy atom. The van der Waals surface area contributed by atoms with Gasteiger partial charge in [-0.15, -0.1) is 0 Å². The summed E-state index contributed by atoms with van der Waals surface area (Å²) in [6.45, 7) is 1.81. The Hall–Kier alpha value is -2.40. The van der Waals surface area contributed by atoms with Crippen LogP contribution in [0.1, 0.15) is 21.7 Å². The van der Waals surface area contributed by atoms with Gasteiger partial charge in [0, 0.05) is 5.69 Å². The van der Waals surface area contributed by atoms with E-state index in [9.17, 15) is 4.79 Å². The lowest BCUT2D eigenvalue weighted by Gasteiger charge is -1.95. The number of H-pyrrole nitrogens is 1. The minimum absolute atomic E-state index is 0.280. The number of aromatic nitrogens is 2. The summed E-state index contributed by atoms with van der Waals surface area (Å²) in [5.74, 6) is -0.394. The molecule has 0 bridgehead atoms.